The highest BCUT2D eigenvalue weighted by atomic mass is 15.3. The second-order valence-corrected chi connectivity index (χ2v) is 5.05. The molecule has 19 heavy (non-hydrogen) atoms. The zero-order chi connectivity index (χ0) is 13.7. The van der Waals surface area contributed by atoms with Gasteiger partial charge >= 0.3 is 0 Å². The van der Waals surface area contributed by atoms with E-state index in [1.165, 1.54) is 11.1 Å². The lowest BCUT2D eigenvalue weighted by Crippen LogP contribution is -2.27. The van der Waals surface area contributed by atoms with Crippen molar-refractivity contribution in [2.45, 2.75) is 45.7 Å². The van der Waals surface area contributed by atoms with Crippen molar-refractivity contribution >= 4 is 0 Å². The van der Waals surface area contributed by atoms with E-state index in [0.29, 0.717) is 0 Å². The van der Waals surface area contributed by atoms with Gasteiger partial charge in [0.05, 0.1) is 0 Å². The highest BCUT2D eigenvalue weighted by molar-refractivity contribution is 5.22. The van der Waals surface area contributed by atoms with E-state index in [-0.39, 0.29) is 6.04 Å². The fourth-order valence-corrected chi connectivity index (χ4v) is 2.18. The van der Waals surface area contributed by atoms with Crippen molar-refractivity contribution in [3.63, 3.8) is 0 Å². The summed E-state index contributed by atoms with van der Waals surface area (Å²) in [5.41, 5.74) is 8.77. The van der Waals surface area contributed by atoms with Crippen LogP contribution in [0.4, 0.5) is 0 Å². The fraction of sp³-hybridized carbons (Fsp3) is 0.467. The molecule has 0 saturated carbocycles. The molecule has 0 aliphatic carbocycles. The molecule has 1 unspecified atom stereocenters. The molecule has 0 saturated heterocycles. The van der Waals surface area contributed by atoms with Gasteiger partial charge in [0.1, 0.15) is 12.2 Å². The number of hydrogen-bond acceptors (Lipinski definition) is 3. The number of benzene rings is 1. The van der Waals surface area contributed by atoms with Crippen LogP contribution in [0.2, 0.25) is 0 Å². The predicted molar refractivity (Wildman–Crippen MR) is 76.9 cm³/mol. The summed E-state index contributed by atoms with van der Waals surface area (Å²) in [7, 11) is 0. The third-order valence-electron chi connectivity index (χ3n) is 3.19. The normalized spacial score (nSPS) is 12.6. The SMILES string of the molecule is CCCn1ncnc1CC(N)Cc1ccc(C)cc1. The first-order valence-corrected chi connectivity index (χ1v) is 6.87. The lowest BCUT2D eigenvalue weighted by Gasteiger charge is -2.12. The summed E-state index contributed by atoms with van der Waals surface area (Å²) in [5, 5.41) is 4.23. The highest BCUT2D eigenvalue weighted by Gasteiger charge is 2.10. The summed E-state index contributed by atoms with van der Waals surface area (Å²) in [5.74, 6) is 0.987. The Hall–Kier alpha value is -1.68. The van der Waals surface area contributed by atoms with Crippen LogP contribution in [-0.2, 0) is 19.4 Å². The van der Waals surface area contributed by atoms with Gasteiger partial charge in [-0.3, -0.25) is 4.68 Å². The topological polar surface area (TPSA) is 56.7 Å². The van der Waals surface area contributed by atoms with Crippen LogP contribution in [-0.4, -0.2) is 20.8 Å². The lowest BCUT2D eigenvalue weighted by atomic mass is 10.0. The number of aromatic nitrogens is 3. The standard InChI is InChI=1S/C15H22N4/c1-3-8-19-15(17-11-18-19)10-14(16)9-13-6-4-12(2)5-7-13/h4-7,11,14H,3,8-10,16H2,1-2H3. The third-order valence-corrected chi connectivity index (χ3v) is 3.19. The summed E-state index contributed by atoms with van der Waals surface area (Å²) in [6.07, 6.45) is 4.32. The molecule has 2 N–H and O–H groups in total. The quantitative estimate of drug-likeness (QED) is 0.863. The molecule has 102 valence electrons. The smallest absolute Gasteiger partial charge is 0.138 e. The van der Waals surface area contributed by atoms with Gasteiger partial charge in [-0.2, -0.15) is 5.10 Å². The molecule has 1 aromatic carbocycles. The molecule has 0 aliphatic rings. The maximum absolute atomic E-state index is 6.22. The molecule has 0 spiro atoms. The molecular formula is C15H22N4. The van der Waals surface area contributed by atoms with E-state index in [4.69, 9.17) is 5.73 Å². The van der Waals surface area contributed by atoms with Gasteiger partial charge in [-0.15, -0.1) is 0 Å². The van der Waals surface area contributed by atoms with Crippen molar-refractivity contribution in [3.05, 3.63) is 47.5 Å². The monoisotopic (exact) mass is 258 g/mol. The Morgan fingerprint density at radius 3 is 2.63 bits per heavy atom. The molecule has 1 aromatic heterocycles. The molecule has 0 aliphatic heterocycles. The third kappa shape index (κ3) is 3.89. The van der Waals surface area contributed by atoms with Crippen LogP contribution in [0.3, 0.4) is 0 Å². The molecule has 4 heteroatoms. The van der Waals surface area contributed by atoms with E-state index in [9.17, 15) is 0 Å². The first-order chi connectivity index (χ1) is 9.19. The van der Waals surface area contributed by atoms with Gasteiger partial charge in [0.15, 0.2) is 0 Å². The number of nitrogens with zero attached hydrogens (tertiary/aromatic N) is 3. The van der Waals surface area contributed by atoms with Crippen LogP contribution in [0.25, 0.3) is 0 Å². The van der Waals surface area contributed by atoms with E-state index >= 15 is 0 Å². The number of nitrogens with two attached hydrogens (primary N) is 1. The van der Waals surface area contributed by atoms with Crippen molar-refractivity contribution in [3.8, 4) is 0 Å². The largest absolute Gasteiger partial charge is 0.327 e. The highest BCUT2D eigenvalue weighted by Crippen LogP contribution is 2.08. The van der Waals surface area contributed by atoms with Gasteiger partial charge in [0.2, 0.25) is 0 Å². The molecule has 0 amide bonds. The summed E-state index contributed by atoms with van der Waals surface area (Å²) < 4.78 is 1.95. The second-order valence-electron chi connectivity index (χ2n) is 5.05. The van der Waals surface area contributed by atoms with E-state index in [1.807, 2.05) is 4.68 Å². The zero-order valence-corrected chi connectivity index (χ0v) is 11.7. The molecule has 1 atom stereocenters. The number of hydrogen-bond donors (Lipinski definition) is 1. The maximum atomic E-state index is 6.22. The Kier molecular flexibility index (Phi) is 4.68. The van der Waals surface area contributed by atoms with E-state index in [1.54, 1.807) is 6.33 Å². The second kappa shape index (κ2) is 6.48. The van der Waals surface area contributed by atoms with Crippen LogP contribution in [0.5, 0.6) is 0 Å². The predicted octanol–water partition coefficient (Wildman–Crippen LogP) is 2.11. The minimum Gasteiger partial charge on any atom is -0.327 e. The molecule has 4 nitrogen and oxygen atoms in total. The maximum Gasteiger partial charge on any atom is 0.138 e. The van der Waals surface area contributed by atoms with Crippen LogP contribution in [0.15, 0.2) is 30.6 Å². The molecular weight excluding hydrogens is 236 g/mol. The Bertz CT molecular complexity index is 501. The minimum atomic E-state index is 0.0857. The average Bonchev–Trinajstić information content (AvgIpc) is 2.80. The van der Waals surface area contributed by atoms with Crippen LogP contribution in [0.1, 0.15) is 30.3 Å². The first kappa shape index (κ1) is 13.7. The first-order valence-electron chi connectivity index (χ1n) is 6.87. The minimum absolute atomic E-state index is 0.0857. The molecule has 2 aromatic rings. The molecule has 0 fully saturated rings. The van der Waals surface area contributed by atoms with Gasteiger partial charge in [-0.1, -0.05) is 36.8 Å². The van der Waals surface area contributed by atoms with Crippen LogP contribution in [0, 0.1) is 6.92 Å². The average molecular weight is 258 g/mol. The van der Waals surface area contributed by atoms with Gasteiger partial charge in [0.25, 0.3) is 0 Å². The number of rotatable bonds is 6. The van der Waals surface area contributed by atoms with Gasteiger partial charge in [-0.25, -0.2) is 4.98 Å². The van der Waals surface area contributed by atoms with E-state index in [0.717, 1.165) is 31.6 Å². The van der Waals surface area contributed by atoms with Crippen molar-refractivity contribution in [2.75, 3.05) is 0 Å². The summed E-state index contributed by atoms with van der Waals surface area (Å²) in [6.45, 7) is 5.14. The Morgan fingerprint density at radius 2 is 1.95 bits per heavy atom. The van der Waals surface area contributed by atoms with Crippen LogP contribution >= 0.6 is 0 Å². The van der Waals surface area contributed by atoms with Gasteiger partial charge in [-0.05, 0) is 25.3 Å². The molecule has 1 heterocycles. The van der Waals surface area contributed by atoms with Gasteiger partial charge in [0, 0.05) is 19.0 Å². The van der Waals surface area contributed by atoms with Gasteiger partial charge < -0.3 is 5.73 Å². The summed E-state index contributed by atoms with van der Waals surface area (Å²) in [4.78, 5) is 4.30. The van der Waals surface area contributed by atoms with Crippen LogP contribution < -0.4 is 5.73 Å². The summed E-state index contributed by atoms with van der Waals surface area (Å²) in [6, 6.07) is 8.63. The van der Waals surface area contributed by atoms with Crippen molar-refractivity contribution in [1.29, 1.82) is 0 Å². The molecule has 0 radical (unpaired) electrons. The summed E-state index contributed by atoms with van der Waals surface area (Å²) >= 11 is 0. The van der Waals surface area contributed by atoms with E-state index in [2.05, 4.69) is 48.2 Å². The molecule has 0 bridgehead atoms. The van der Waals surface area contributed by atoms with Crippen molar-refractivity contribution < 1.29 is 0 Å². The van der Waals surface area contributed by atoms with Crippen molar-refractivity contribution in [2.24, 2.45) is 5.73 Å². The lowest BCUT2D eigenvalue weighted by molar-refractivity contribution is 0.540. The van der Waals surface area contributed by atoms with Crippen molar-refractivity contribution in [1.82, 2.24) is 14.8 Å². The number of aryl methyl sites for hydroxylation is 2. The Morgan fingerprint density at radius 1 is 1.21 bits per heavy atom. The Balaban J connectivity index is 1.95. The molecule has 2 rings (SSSR count). The van der Waals surface area contributed by atoms with E-state index < -0.39 is 0 Å². The Labute approximate surface area is 114 Å². The zero-order valence-electron chi connectivity index (χ0n) is 11.7. The fourth-order valence-electron chi connectivity index (χ4n) is 2.18.